The first-order chi connectivity index (χ1) is 13.2. The molecule has 0 radical (unpaired) electrons. The number of hydrogen-bond donors (Lipinski definition) is 1. The molecule has 3 nitrogen and oxygen atoms in total. The molecule has 5 heteroatoms. The van der Waals surface area contributed by atoms with Gasteiger partial charge in [0.2, 0.25) is 5.52 Å². The van der Waals surface area contributed by atoms with Gasteiger partial charge in [0.25, 0.3) is 0 Å². The van der Waals surface area contributed by atoms with Crippen LogP contribution in [-0.2, 0) is 7.05 Å². The number of fused-ring (bicyclic) bond motifs is 2. The number of anilines is 1. The van der Waals surface area contributed by atoms with E-state index in [2.05, 4.69) is 96.4 Å². The van der Waals surface area contributed by atoms with Crippen LogP contribution in [0.25, 0.3) is 17.0 Å². The number of aryl methyl sites for hydroxylation is 2. The summed E-state index contributed by atoms with van der Waals surface area (Å²) >= 11 is 1.76. The van der Waals surface area contributed by atoms with E-state index in [1.54, 1.807) is 11.8 Å². The molecule has 0 saturated carbocycles. The molecule has 1 N–H and O–H groups in total. The number of nitrogens with zero attached hydrogens (tertiary/aromatic N) is 2. The third-order valence-corrected chi connectivity index (χ3v) is 5.91. The second kappa shape index (κ2) is 8.95. The van der Waals surface area contributed by atoms with E-state index in [4.69, 9.17) is 0 Å². The van der Waals surface area contributed by atoms with Gasteiger partial charge in [-0.15, -0.1) is 0 Å². The zero-order valence-electron chi connectivity index (χ0n) is 16.0. The molecular formula is C23H23BrN2OS. The molecule has 3 aromatic rings. The molecule has 0 aliphatic carbocycles. The van der Waals surface area contributed by atoms with E-state index in [-0.39, 0.29) is 23.6 Å². The number of halogens is 1. The molecule has 2 heterocycles. The van der Waals surface area contributed by atoms with Crippen LogP contribution < -0.4 is 26.4 Å². The predicted molar refractivity (Wildman–Crippen MR) is 114 cm³/mol. The van der Waals surface area contributed by atoms with E-state index in [0.717, 1.165) is 5.03 Å². The molecule has 0 atom stereocenters. The molecule has 1 aliphatic heterocycles. The summed E-state index contributed by atoms with van der Waals surface area (Å²) in [6.45, 7) is 2.85. The Morgan fingerprint density at radius 2 is 1.96 bits per heavy atom. The Kier molecular flexibility index (Phi) is 6.60. The van der Waals surface area contributed by atoms with Crippen molar-refractivity contribution >= 4 is 34.4 Å². The molecule has 1 aliphatic rings. The average molecular weight is 455 g/mol. The van der Waals surface area contributed by atoms with E-state index in [1.807, 2.05) is 0 Å². The monoisotopic (exact) mass is 454 g/mol. The molecule has 0 spiro atoms. The molecule has 2 aromatic carbocycles. The highest BCUT2D eigenvalue weighted by Gasteiger charge is 2.24. The van der Waals surface area contributed by atoms with E-state index in [0.29, 0.717) is 6.54 Å². The van der Waals surface area contributed by atoms with Crippen LogP contribution >= 0.6 is 11.8 Å². The van der Waals surface area contributed by atoms with Gasteiger partial charge in [-0.3, -0.25) is 0 Å². The van der Waals surface area contributed by atoms with Gasteiger partial charge >= 0.3 is 0 Å². The smallest absolute Gasteiger partial charge is 0.212 e. The second-order valence-electron chi connectivity index (χ2n) is 6.71. The van der Waals surface area contributed by atoms with Crippen LogP contribution in [0, 0.1) is 6.92 Å². The maximum atomic E-state index is 9.47. The number of rotatable bonds is 4. The SMILES string of the molecule is Cc1ccc2c(c1)SC(=CC=Cc1cc[n+](C)c3ccccc13)N2CCO.[Br-]. The number of pyridine rings is 1. The van der Waals surface area contributed by atoms with Gasteiger partial charge in [-0.2, -0.15) is 0 Å². The fourth-order valence-corrected chi connectivity index (χ4v) is 4.63. The standard InChI is InChI=1S/C23H23N2OS.BrH/c1-17-10-11-21-22(16-17)27-23(25(21)14-15-26)9-5-6-18-12-13-24(2)20-8-4-3-7-19(18)20;/h3-13,16,26H,14-15H2,1-2H3;1H/q+1;/p-1. The highest BCUT2D eigenvalue weighted by atomic mass is 79.9. The van der Waals surface area contributed by atoms with E-state index >= 15 is 0 Å². The number of benzene rings is 2. The lowest BCUT2D eigenvalue weighted by atomic mass is 10.1. The second-order valence-corrected chi connectivity index (χ2v) is 7.77. The van der Waals surface area contributed by atoms with Crippen molar-refractivity contribution in [1.29, 1.82) is 0 Å². The van der Waals surface area contributed by atoms with Crippen molar-refractivity contribution in [2.24, 2.45) is 7.05 Å². The van der Waals surface area contributed by atoms with Crippen molar-refractivity contribution in [3.63, 3.8) is 0 Å². The van der Waals surface area contributed by atoms with Crippen LogP contribution in [0.1, 0.15) is 11.1 Å². The van der Waals surface area contributed by atoms with Gasteiger partial charge in [0.1, 0.15) is 7.05 Å². The molecule has 0 bridgehead atoms. The Hall–Kier alpha value is -2.08. The summed E-state index contributed by atoms with van der Waals surface area (Å²) in [6, 6.07) is 17.1. The number of aliphatic hydroxyl groups is 1. The number of allylic oxidation sites excluding steroid dienone is 2. The Morgan fingerprint density at radius 1 is 1.14 bits per heavy atom. The molecule has 0 unspecified atom stereocenters. The van der Waals surface area contributed by atoms with Crippen molar-refractivity contribution < 1.29 is 26.7 Å². The highest BCUT2D eigenvalue weighted by Crippen LogP contribution is 2.46. The quantitative estimate of drug-likeness (QED) is 0.604. The number of hydrogen-bond acceptors (Lipinski definition) is 3. The van der Waals surface area contributed by atoms with Gasteiger partial charge in [0, 0.05) is 23.6 Å². The van der Waals surface area contributed by atoms with Crippen LogP contribution in [0.4, 0.5) is 5.69 Å². The third-order valence-electron chi connectivity index (χ3n) is 4.80. The maximum absolute atomic E-state index is 9.47. The number of β-amino-alcohol motifs (C(OH)–C–C–N with tert-alkyl or cyclic N) is 1. The van der Waals surface area contributed by atoms with Crippen LogP contribution in [0.2, 0.25) is 0 Å². The van der Waals surface area contributed by atoms with Crippen molar-refractivity contribution in [1.82, 2.24) is 0 Å². The minimum absolute atomic E-state index is 0. The van der Waals surface area contributed by atoms with Crippen molar-refractivity contribution in [2.45, 2.75) is 11.8 Å². The lowest BCUT2D eigenvalue weighted by Crippen LogP contribution is -3.00. The van der Waals surface area contributed by atoms with Crippen molar-refractivity contribution in [2.75, 3.05) is 18.1 Å². The average Bonchev–Trinajstić information content (AvgIpc) is 3.01. The van der Waals surface area contributed by atoms with Crippen LogP contribution in [0.15, 0.2) is 76.8 Å². The van der Waals surface area contributed by atoms with E-state index in [1.165, 1.54) is 32.6 Å². The van der Waals surface area contributed by atoms with Gasteiger partial charge in [0.15, 0.2) is 6.20 Å². The van der Waals surface area contributed by atoms with Gasteiger partial charge < -0.3 is 27.0 Å². The molecule has 0 amide bonds. The summed E-state index contributed by atoms with van der Waals surface area (Å²) in [5.41, 5.74) is 4.85. The van der Waals surface area contributed by atoms with Crippen LogP contribution in [0.5, 0.6) is 0 Å². The zero-order chi connectivity index (χ0) is 18.8. The Balaban J connectivity index is 0.00000225. The summed E-state index contributed by atoms with van der Waals surface area (Å²) in [5, 5.41) is 11.9. The minimum Gasteiger partial charge on any atom is -1.00 e. The lowest BCUT2D eigenvalue weighted by molar-refractivity contribution is -0.644. The highest BCUT2D eigenvalue weighted by molar-refractivity contribution is 8.03. The number of aliphatic hydroxyl groups excluding tert-OH is 1. The first-order valence-electron chi connectivity index (χ1n) is 9.10. The first kappa shape index (κ1) is 20.6. The van der Waals surface area contributed by atoms with Gasteiger partial charge in [-0.05, 0) is 42.3 Å². The Labute approximate surface area is 180 Å². The summed E-state index contributed by atoms with van der Waals surface area (Å²) in [7, 11) is 2.07. The zero-order valence-corrected chi connectivity index (χ0v) is 18.4. The molecule has 0 saturated heterocycles. The van der Waals surface area contributed by atoms with Gasteiger partial charge in [-0.25, -0.2) is 4.57 Å². The van der Waals surface area contributed by atoms with Crippen molar-refractivity contribution in [3.8, 4) is 0 Å². The molecule has 144 valence electrons. The number of para-hydroxylation sites is 1. The van der Waals surface area contributed by atoms with Gasteiger partial charge in [-0.1, -0.05) is 42.1 Å². The van der Waals surface area contributed by atoms with Crippen LogP contribution in [0.3, 0.4) is 0 Å². The van der Waals surface area contributed by atoms with Crippen molar-refractivity contribution in [3.05, 3.63) is 83.0 Å². The van der Waals surface area contributed by atoms with E-state index in [9.17, 15) is 5.11 Å². The lowest BCUT2D eigenvalue weighted by Gasteiger charge is -2.18. The fourth-order valence-electron chi connectivity index (χ4n) is 3.43. The summed E-state index contributed by atoms with van der Waals surface area (Å²) in [5.74, 6) is 0. The maximum Gasteiger partial charge on any atom is 0.212 e. The Bertz CT molecular complexity index is 1060. The normalized spacial score (nSPS) is 14.7. The predicted octanol–water partition coefficient (Wildman–Crippen LogP) is 1.44. The molecule has 28 heavy (non-hydrogen) atoms. The summed E-state index contributed by atoms with van der Waals surface area (Å²) < 4.78 is 2.14. The third kappa shape index (κ3) is 4.02. The minimum atomic E-state index is 0. The molecule has 0 fully saturated rings. The Morgan fingerprint density at radius 3 is 2.79 bits per heavy atom. The van der Waals surface area contributed by atoms with Crippen LogP contribution in [-0.4, -0.2) is 18.3 Å². The molecule has 1 aromatic heterocycles. The summed E-state index contributed by atoms with van der Waals surface area (Å²) in [6.07, 6.45) is 8.49. The first-order valence-corrected chi connectivity index (χ1v) is 9.91. The molecular weight excluding hydrogens is 432 g/mol. The topological polar surface area (TPSA) is 27.4 Å². The number of aromatic nitrogens is 1. The molecule has 4 rings (SSSR count). The number of thioether (sulfide) groups is 1. The van der Waals surface area contributed by atoms with Gasteiger partial charge in [0.05, 0.1) is 22.7 Å². The van der Waals surface area contributed by atoms with E-state index < -0.39 is 0 Å². The summed E-state index contributed by atoms with van der Waals surface area (Å²) in [4.78, 5) is 3.44. The largest absolute Gasteiger partial charge is 1.00 e. The fraction of sp³-hybridized carbons (Fsp3) is 0.174.